The second-order valence-corrected chi connectivity index (χ2v) is 12.5. The van der Waals surface area contributed by atoms with Crippen LogP contribution in [0.25, 0.3) is 26.7 Å². The molecule has 2 aromatic heterocycles. The van der Waals surface area contributed by atoms with Crippen molar-refractivity contribution < 1.29 is 17.9 Å². The molecule has 11 heteroatoms. The van der Waals surface area contributed by atoms with Crippen molar-refractivity contribution in [2.75, 3.05) is 45.6 Å². The molecule has 1 N–H and O–H groups in total. The number of rotatable bonds is 8. The van der Waals surface area contributed by atoms with E-state index in [1.54, 1.807) is 35.0 Å². The number of carbonyl (C=O) groups excluding carboxylic acids is 1. The van der Waals surface area contributed by atoms with Gasteiger partial charge in [0.25, 0.3) is 5.91 Å². The van der Waals surface area contributed by atoms with E-state index in [2.05, 4.69) is 15.3 Å². The van der Waals surface area contributed by atoms with Crippen molar-refractivity contribution in [2.45, 2.75) is 4.90 Å². The van der Waals surface area contributed by atoms with Gasteiger partial charge >= 0.3 is 0 Å². The summed E-state index contributed by atoms with van der Waals surface area (Å²) in [6.45, 7) is 4.38. The standard InChI is InChI=1S/C27H27ClN4O4S2/c1-38(34,35)20-6-4-5-19(17-20)25-9-10-26(37-25)24-18-22(30-32(24)23-8-3-2-7-21(23)28)27(33)29-11-12-31-13-15-36-16-14-31/h2-10,17-18H,11-16H2,1H3,(H,29,33). The molecule has 0 atom stereocenters. The average molecular weight is 571 g/mol. The molecule has 1 amide bonds. The van der Waals surface area contributed by atoms with E-state index in [0.717, 1.165) is 35.0 Å². The van der Waals surface area contributed by atoms with Gasteiger partial charge in [-0.3, -0.25) is 9.69 Å². The van der Waals surface area contributed by atoms with Crippen LogP contribution in [0.5, 0.6) is 0 Å². The highest BCUT2D eigenvalue weighted by atomic mass is 35.5. The van der Waals surface area contributed by atoms with E-state index in [1.165, 1.54) is 17.6 Å². The quantitative estimate of drug-likeness (QED) is 0.338. The number of halogens is 1. The molecule has 1 fully saturated rings. The minimum absolute atomic E-state index is 0.261. The number of carbonyl (C=O) groups is 1. The van der Waals surface area contributed by atoms with E-state index >= 15 is 0 Å². The second-order valence-electron chi connectivity index (χ2n) is 8.95. The Morgan fingerprint density at radius 1 is 1.05 bits per heavy atom. The molecule has 0 aliphatic carbocycles. The normalized spacial score (nSPS) is 14.5. The van der Waals surface area contributed by atoms with Gasteiger partial charge in [0.15, 0.2) is 15.5 Å². The van der Waals surface area contributed by atoms with Gasteiger partial charge in [0.05, 0.1) is 39.4 Å². The maximum atomic E-state index is 13.0. The lowest BCUT2D eigenvalue weighted by molar-refractivity contribution is 0.0383. The van der Waals surface area contributed by atoms with Crippen LogP contribution in [0, 0.1) is 0 Å². The Hall–Kier alpha value is -3.02. The lowest BCUT2D eigenvalue weighted by Gasteiger charge is -2.26. The van der Waals surface area contributed by atoms with E-state index in [0.29, 0.717) is 36.2 Å². The fourth-order valence-corrected chi connectivity index (χ4v) is 6.11. The largest absolute Gasteiger partial charge is 0.379 e. The number of aromatic nitrogens is 2. The first-order valence-electron chi connectivity index (χ1n) is 12.1. The van der Waals surface area contributed by atoms with Gasteiger partial charge in [-0.05, 0) is 48.0 Å². The van der Waals surface area contributed by atoms with Crippen molar-refractivity contribution in [3.05, 3.63) is 77.4 Å². The number of ether oxygens (including phenoxy) is 1. The smallest absolute Gasteiger partial charge is 0.271 e. The minimum atomic E-state index is -3.33. The zero-order chi connectivity index (χ0) is 26.7. The maximum absolute atomic E-state index is 13.0. The summed E-state index contributed by atoms with van der Waals surface area (Å²) in [5.41, 5.74) is 2.46. The molecule has 2 aromatic carbocycles. The predicted molar refractivity (Wildman–Crippen MR) is 150 cm³/mol. The van der Waals surface area contributed by atoms with Crippen molar-refractivity contribution >= 4 is 38.7 Å². The van der Waals surface area contributed by atoms with Crippen LogP contribution in [-0.4, -0.2) is 74.7 Å². The third kappa shape index (κ3) is 6.00. The number of benzene rings is 2. The van der Waals surface area contributed by atoms with Gasteiger partial charge in [-0.2, -0.15) is 5.10 Å². The van der Waals surface area contributed by atoms with E-state index < -0.39 is 9.84 Å². The first kappa shape index (κ1) is 26.6. The summed E-state index contributed by atoms with van der Waals surface area (Å²) in [5.74, 6) is -0.261. The molecular weight excluding hydrogens is 544 g/mol. The topological polar surface area (TPSA) is 93.5 Å². The van der Waals surface area contributed by atoms with Crippen molar-refractivity contribution in [1.29, 1.82) is 0 Å². The van der Waals surface area contributed by atoms with Gasteiger partial charge in [0, 0.05) is 37.3 Å². The van der Waals surface area contributed by atoms with E-state index in [-0.39, 0.29) is 16.5 Å². The molecule has 0 spiro atoms. The SMILES string of the molecule is CS(=O)(=O)c1cccc(-c2ccc(-c3cc(C(=O)NCCN4CCOCC4)nn3-c3ccccc3Cl)s2)c1. The summed E-state index contributed by atoms with van der Waals surface area (Å²) in [6.07, 6.45) is 1.20. The highest BCUT2D eigenvalue weighted by Crippen LogP contribution is 2.37. The molecule has 198 valence electrons. The number of morpholine rings is 1. The predicted octanol–water partition coefficient (Wildman–Crippen LogP) is 4.39. The van der Waals surface area contributed by atoms with Crippen LogP contribution in [0.2, 0.25) is 5.02 Å². The molecule has 1 aliphatic heterocycles. The Morgan fingerprint density at radius 2 is 1.82 bits per heavy atom. The van der Waals surface area contributed by atoms with E-state index in [4.69, 9.17) is 16.3 Å². The van der Waals surface area contributed by atoms with Crippen molar-refractivity contribution in [2.24, 2.45) is 0 Å². The van der Waals surface area contributed by atoms with Crippen molar-refractivity contribution in [1.82, 2.24) is 20.0 Å². The average Bonchev–Trinajstić information content (AvgIpc) is 3.57. The lowest BCUT2D eigenvalue weighted by Crippen LogP contribution is -2.41. The summed E-state index contributed by atoms with van der Waals surface area (Å²) in [5, 5.41) is 8.11. The van der Waals surface area contributed by atoms with E-state index in [1.807, 2.05) is 36.4 Å². The van der Waals surface area contributed by atoms with Gasteiger partial charge in [-0.1, -0.05) is 35.9 Å². The number of hydrogen-bond acceptors (Lipinski definition) is 7. The molecule has 38 heavy (non-hydrogen) atoms. The Bertz CT molecular complexity index is 1560. The van der Waals surface area contributed by atoms with Crippen LogP contribution >= 0.6 is 22.9 Å². The Morgan fingerprint density at radius 3 is 2.58 bits per heavy atom. The summed E-state index contributed by atoms with van der Waals surface area (Å²) < 4.78 is 31.1. The van der Waals surface area contributed by atoms with Crippen LogP contribution in [-0.2, 0) is 14.6 Å². The number of sulfone groups is 1. The van der Waals surface area contributed by atoms with E-state index in [9.17, 15) is 13.2 Å². The van der Waals surface area contributed by atoms with Crippen molar-refractivity contribution in [3.8, 4) is 26.7 Å². The first-order valence-corrected chi connectivity index (χ1v) is 15.2. The minimum Gasteiger partial charge on any atom is -0.379 e. The molecule has 1 saturated heterocycles. The molecule has 8 nitrogen and oxygen atoms in total. The van der Waals surface area contributed by atoms with Crippen LogP contribution in [0.4, 0.5) is 0 Å². The lowest BCUT2D eigenvalue weighted by atomic mass is 10.2. The van der Waals surface area contributed by atoms with Gasteiger partial charge in [0.1, 0.15) is 0 Å². The maximum Gasteiger partial charge on any atom is 0.271 e. The molecule has 0 bridgehead atoms. The molecule has 3 heterocycles. The van der Waals surface area contributed by atoms with Crippen molar-refractivity contribution in [3.63, 3.8) is 0 Å². The molecule has 0 saturated carbocycles. The zero-order valence-electron chi connectivity index (χ0n) is 20.8. The number of nitrogens with one attached hydrogen (secondary N) is 1. The monoisotopic (exact) mass is 570 g/mol. The molecule has 1 aliphatic rings. The number of para-hydroxylation sites is 1. The Labute approximate surface area is 230 Å². The fraction of sp³-hybridized carbons (Fsp3) is 0.259. The van der Waals surface area contributed by atoms with Gasteiger partial charge in [-0.15, -0.1) is 11.3 Å². The highest BCUT2D eigenvalue weighted by molar-refractivity contribution is 7.90. The summed E-state index contributed by atoms with van der Waals surface area (Å²) in [7, 11) is -3.33. The molecule has 4 aromatic rings. The van der Waals surface area contributed by atoms with Gasteiger partial charge in [-0.25, -0.2) is 13.1 Å². The summed E-state index contributed by atoms with van der Waals surface area (Å²) >= 11 is 7.99. The molecule has 0 unspecified atom stereocenters. The van der Waals surface area contributed by atoms with Gasteiger partial charge < -0.3 is 10.1 Å². The summed E-state index contributed by atoms with van der Waals surface area (Å²) in [4.78, 5) is 17.3. The van der Waals surface area contributed by atoms with Gasteiger partial charge in [0.2, 0.25) is 0 Å². The fourth-order valence-electron chi connectivity index (χ4n) is 4.23. The zero-order valence-corrected chi connectivity index (χ0v) is 23.2. The molecular formula is C27H27ClN4O4S2. The number of amides is 1. The Kier molecular flexibility index (Phi) is 7.96. The third-order valence-electron chi connectivity index (χ3n) is 6.25. The van der Waals surface area contributed by atoms with Crippen LogP contribution in [0.1, 0.15) is 10.5 Å². The molecule has 5 rings (SSSR count). The highest BCUT2D eigenvalue weighted by Gasteiger charge is 2.20. The Balaban J connectivity index is 1.44. The van der Waals surface area contributed by atoms with Crippen LogP contribution < -0.4 is 5.32 Å². The van der Waals surface area contributed by atoms with Crippen LogP contribution in [0.15, 0.2) is 71.6 Å². The summed E-state index contributed by atoms with van der Waals surface area (Å²) in [6, 6.07) is 19.8. The molecule has 0 radical (unpaired) electrons. The number of hydrogen-bond donors (Lipinski definition) is 1. The van der Waals surface area contributed by atoms with Crippen LogP contribution in [0.3, 0.4) is 0 Å². The number of nitrogens with zero attached hydrogens (tertiary/aromatic N) is 3. The number of thiophene rings is 1. The first-order chi connectivity index (χ1) is 18.3. The second kappa shape index (κ2) is 11.4. The third-order valence-corrected chi connectivity index (χ3v) is 8.83.